The van der Waals surface area contributed by atoms with Crippen molar-refractivity contribution in [1.29, 1.82) is 0 Å². The number of halogens is 2. The van der Waals surface area contributed by atoms with E-state index in [0.717, 1.165) is 31.2 Å². The van der Waals surface area contributed by atoms with Gasteiger partial charge in [0.05, 0.1) is 0 Å². The summed E-state index contributed by atoms with van der Waals surface area (Å²) in [5, 5.41) is 3.79. The molecule has 0 heterocycles. The standard InChI is InChI=1S/C20H21Cl2NO/c21-13-14-1-3-15(4-2-14)16-7-11-19(12-8-16)23-20(24)17-5-9-18(22)10-6-17/h1-6,9-10,16,19H,7-8,11-13H2,(H,23,24). The lowest BCUT2D eigenvalue weighted by Gasteiger charge is -2.29. The van der Waals surface area contributed by atoms with Gasteiger partial charge >= 0.3 is 0 Å². The second-order valence-electron chi connectivity index (χ2n) is 6.40. The molecule has 0 aliphatic heterocycles. The SMILES string of the molecule is O=C(NC1CCC(c2ccc(CCl)cc2)CC1)c1ccc(Cl)cc1. The third-order valence-corrected chi connectivity index (χ3v) is 5.33. The molecule has 3 rings (SSSR count). The highest BCUT2D eigenvalue weighted by Gasteiger charge is 2.23. The van der Waals surface area contributed by atoms with Gasteiger partial charge in [-0.1, -0.05) is 35.9 Å². The van der Waals surface area contributed by atoms with Crippen molar-refractivity contribution in [2.45, 2.75) is 43.5 Å². The fraction of sp³-hybridized carbons (Fsp3) is 0.350. The van der Waals surface area contributed by atoms with Crippen molar-refractivity contribution in [2.24, 2.45) is 0 Å². The molecule has 1 aliphatic carbocycles. The molecule has 126 valence electrons. The average Bonchev–Trinajstić information content (AvgIpc) is 2.63. The van der Waals surface area contributed by atoms with E-state index in [4.69, 9.17) is 23.2 Å². The van der Waals surface area contributed by atoms with Crippen LogP contribution in [0.15, 0.2) is 48.5 Å². The summed E-state index contributed by atoms with van der Waals surface area (Å²) in [7, 11) is 0. The van der Waals surface area contributed by atoms with E-state index in [9.17, 15) is 4.79 Å². The van der Waals surface area contributed by atoms with E-state index in [0.29, 0.717) is 22.4 Å². The van der Waals surface area contributed by atoms with Crippen LogP contribution in [0.2, 0.25) is 5.02 Å². The van der Waals surface area contributed by atoms with Gasteiger partial charge in [0.2, 0.25) is 0 Å². The highest BCUT2D eigenvalue weighted by atomic mass is 35.5. The smallest absolute Gasteiger partial charge is 0.251 e. The van der Waals surface area contributed by atoms with Crippen molar-refractivity contribution in [3.05, 3.63) is 70.2 Å². The zero-order valence-corrected chi connectivity index (χ0v) is 15.0. The Morgan fingerprint density at radius 3 is 2.17 bits per heavy atom. The summed E-state index contributed by atoms with van der Waals surface area (Å²) in [6.07, 6.45) is 4.24. The van der Waals surface area contributed by atoms with Crippen LogP contribution in [0.4, 0.5) is 0 Å². The summed E-state index contributed by atoms with van der Waals surface area (Å²) in [5.74, 6) is 1.13. The molecule has 1 fully saturated rings. The summed E-state index contributed by atoms with van der Waals surface area (Å²) < 4.78 is 0. The Balaban J connectivity index is 1.52. The van der Waals surface area contributed by atoms with Crippen molar-refractivity contribution in [1.82, 2.24) is 5.32 Å². The Kier molecular flexibility index (Phi) is 5.80. The number of carbonyl (C=O) groups is 1. The molecular weight excluding hydrogens is 341 g/mol. The number of hydrogen-bond donors (Lipinski definition) is 1. The first-order chi connectivity index (χ1) is 11.7. The molecule has 1 N–H and O–H groups in total. The van der Waals surface area contributed by atoms with E-state index >= 15 is 0 Å². The first-order valence-corrected chi connectivity index (χ1v) is 9.28. The third-order valence-electron chi connectivity index (χ3n) is 4.77. The lowest BCUT2D eigenvalue weighted by atomic mass is 9.81. The van der Waals surface area contributed by atoms with Gasteiger partial charge in [0.15, 0.2) is 0 Å². The topological polar surface area (TPSA) is 29.1 Å². The molecule has 0 bridgehead atoms. The van der Waals surface area contributed by atoms with Crippen molar-refractivity contribution in [2.75, 3.05) is 0 Å². The number of nitrogens with one attached hydrogen (secondary N) is 1. The normalized spacial score (nSPS) is 20.6. The minimum atomic E-state index is -0.0124. The fourth-order valence-electron chi connectivity index (χ4n) is 3.32. The minimum absolute atomic E-state index is 0.0124. The van der Waals surface area contributed by atoms with Crippen LogP contribution in [0.25, 0.3) is 0 Å². The number of benzene rings is 2. The van der Waals surface area contributed by atoms with Crippen LogP contribution in [-0.2, 0) is 5.88 Å². The Bertz CT molecular complexity index is 674. The molecule has 0 atom stereocenters. The quantitative estimate of drug-likeness (QED) is 0.712. The van der Waals surface area contributed by atoms with Gasteiger partial charge in [0.25, 0.3) is 5.91 Å². The molecule has 0 spiro atoms. The summed E-state index contributed by atoms with van der Waals surface area (Å²) in [4.78, 5) is 12.3. The molecule has 4 heteroatoms. The van der Waals surface area contributed by atoms with Gasteiger partial charge < -0.3 is 5.32 Å². The van der Waals surface area contributed by atoms with Gasteiger partial charge in [-0.2, -0.15) is 0 Å². The first-order valence-electron chi connectivity index (χ1n) is 8.37. The lowest BCUT2D eigenvalue weighted by molar-refractivity contribution is 0.0926. The highest BCUT2D eigenvalue weighted by Crippen LogP contribution is 2.33. The van der Waals surface area contributed by atoms with Gasteiger partial charge in [-0.25, -0.2) is 0 Å². The number of amides is 1. The zero-order valence-electron chi connectivity index (χ0n) is 13.5. The molecular formula is C20H21Cl2NO. The predicted molar refractivity (Wildman–Crippen MR) is 99.9 cm³/mol. The number of rotatable bonds is 4. The lowest BCUT2D eigenvalue weighted by Crippen LogP contribution is -2.37. The van der Waals surface area contributed by atoms with Gasteiger partial charge in [-0.3, -0.25) is 4.79 Å². The van der Waals surface area contributed by atoms with Gasteiger partial charge in [-0.05, 0) is 67.0 Å². The van der Waals surface area contributed by atoms with Gasteiger partial charge in [0, 0.05) is 22.5 Å². The zero-order chi connectivity index (χ0) is 16.9. The summed E-state index contributed by atoms with van der Waals surface area (Å²) >= 11 is 11.7. The van der Waals surface area contributed by atoms with Gasteiger partial charge in [-0.15, -0.1) is 11.6 Å². The number of alkyl halides is 1. The second kappa shape index (κ2) is 8.04. The number of hydrogen-bond acceptors (Lipinski definition) is 1. The van der Waals surface area contributed by atoms with Crippen LogP contribution >= 0.6 is 23.2 Å². The highest BCUT2D eigenvalue weighted by molar-refractivity contribution is 6.30. The Labute approximate surface area is 153 Å². The van der Waals surface area contributed by atoms with Crippen LogP contribution in [0, 0.1) is 0 Å². The average molecular weight is 362 g/mol. The van der Waals surface area contributed by atoms with E-state index in [1.807, 2.05) is 0 Å². The van der Waals surface area contributed by atoms with Crippen molar-refractivity contribution in [3.8, 4) is 0 Å². The van der Waals surface area contributed by atoms with Crippen molar-refractivity contribution < 1.29 is 4.79 Å². The van der Waals surface area contributed by atoms with E-state index < -0.39 is 0 Å². The molecule has 1 aliphatic rings. The van der Waals surface area contributed by atoms with E-state index in [1.54, 1.807) is 24.3 Å². The van der Waals surface area contributed by atoms with Gasteiger partial charge in [0.1, 0.15) is 0 Å². The summed E-state index contributed by atoms with van der Waals surface area (Å²) in [6, 6.07) is 15.9. The monoisotopic (exact) mass is 361 g/mol. The van der Waals surface area contributed by atoms with E-state index in [1.165, 1.54) is 5.56 Å². The second-order valence-corrected chi connectivity index (χ2v) is 7.11. The van der Waals surface area contributed by atoms with E-state index in [2.05, 4.69) is 29.6 Å². The molecule has 1 saturated carbocycles. The van der Waals surface area contributed by atoms with E-state index in [-0.39, 0.29) is 11.9 Å². The molecule has 0 radical (unpaired) electrons. The molecule has 2 aromatic carbocycles. The fourth-order valence-corrected chi connectivity index (χ4v) is 3.62. The molecule has 2 aromatic rings. The first kappa shape index (κ1) is 17.3. The molecule has 0 aromatic heterocycles. The van der Waals surface area contributed by atoms with Crippen molar-refractivity contribution in [3.63, 3.8) is 0 Å². The number of carbonyl (C=O) groups excluding carboxylic acids is 1. The van der Waals surface area contributed by atoms with Crippen LogP contribution in [-0.4, -0.2) is 11.9 Å². The minimum Gasteiger partial charge on any atom is -0.349 e. The largest absolute Gasteiger partial charge is 0.349 e. The molecule has 0 saturated heterocycles. The van der Waals surface area contributed by atoms with Crippen LogP contribution < -0.4 is 5.32 Å². The molecule has 2 nitrogen and oxygen atoms in total. The molecule has 1 amide bonds. The Hall–Kier alpha value is -1.51. The maximum atomic E-state index is 12.3. The maximum Gasteiger partial charge on any atom is 0.251 e. The van der Waals surface area contributed by atoms with Crippen LogP contribution in [0.5, 0.6) is 0 Å². The molecule has 0 unspecified atom stereocenters. The van der Waals surface area contributed by atoms with Crippen LogP contribution in [0.1, 0.15) is 53.1 Å². The Morgan fingerprint density at radius 2 is 1.58 bits per heavy atom. The van der Waals surface area contributed by atoms with Crippen molar-refractivity contribution >= 4 is 29.1 Å². The van der Waals surface area contributed by atoms with Crippen LogP contribution in [0.3, 0.4) is 0 Å². The molecule has 24 heavy (non-hydrogen) atoms. The summed E-state index contributed by atoms with van der Waals surface area (Å²) in [6.45, 7) is 0. The summed E-state index contributed by atoms with van der Waals surface area (Å²) in [5.41, 5.74) is 3.20. The predicted octanol–water partition coefficient (Wildman–Crippen LogP) is 5.54. The maximum absolute atomic E-state index is 12.3. The third kappa shape index (κ3) is 4.31. The Morgan fingerprint density at radius 1 is 0.958 bits per heavy atom.